The Morgan fingerprint density at radius 3 is 2.75 bits per heavy atom. The van der Waals surface area contributed by atoms with Crippen LogP contribution in [-0.2, 0) is 4.79 Å². The molecule has 12 heavy (non-hydrogen) atoms. The molecule has 0 bridgehead atoms. The largest absolute Gasteiger partial charge is 0.338 e. The first-order valence-electron chi connectivity index (χ1n) is 4.11. The fourth-order valence-corrected chi connectivity index (χ4v) is 0.931. The third kappa shape index (κ3) is 3.82. The molecule has 0 aromatic carbocycles. The van der Waals surface area contributed by atoms with Gasteiger partial charge in [-0.25, -0.2) is 0 Å². The number of nitrogens with zero attached hydrogens (tertiary/aromatic N) is 1. The Kier molecular flexibility index (Phi) is 5.81. The van der Waals surface area contributed by atoms with Crippen molar-refractivity contribution in [1.29, 1.82) is 0 Å². The van der Waals surface area contributed by atoms with Crippen LogP contribution in [0.1, 0.15) is 19.8 Å². The molecule has 0 unspecified atom stereocenters. The van der Waals surface area contributed by atoms with E-state index in [1.807, 2.05) is 6.92 Å². The van der Waals surface area contributed by atoms with Crippen LogP contribution in [0.5, 0.6) is 0 Å². The van der Waals surface area contributed by atoms with Crippen molar-refractivity contribution >= 4 is 5.91 Å². The molecule has 0 N–H and O–H groups in total. The highest BCUT2D eigenvalue weighted by molar-refractivity contribution is 5.86. The molecule has 0 radical (unpaired) electrons. The fourth-order valence-electron chi connectivity index (χ4n) is 0.931. The van der Waals surface area contributed by atoms with Crippen LogP contribution in [0.25, 0.3) is 0 Å². The number of amides is 1. The molecule has 0 heterocycles. The van der Waals surface area contributed by atoms with E-state index in [0.717, 1.165) is 13.0 Å². The van der Waals surface area contributed by atoms with Crippen LogP contribution < -0.4 is 0 Å². The Balaban J connectivity index is 3.95. The number of carbonyl (C=O) groups is 1. The maximum atomic E-state index is 11.1. The summed E-state index contributed by atoms with van der Waals surface area (Å²) in [4.78, 5) is 12.9. The van der Waals surface area contributed by atoms with Crippen LogP contribution in [0.2, 0.25) is 0 Å². The van der Waals surface area contributed by atoms with E-state index in [-0.39, 0.29) is 5.91 Å². The first kappa shape index (κ1) is 10.8. The lowest BCUT2D eigenvalue weighted by Crippen LogP contribution is -2.30. The summed E-state index contributed by atoms with van der Waals surface area (Å²) in [5.41, 5.74) is 0. The highest BCUT2D eigenvalue weighted by atomic mass is 16.2. The fraction of sp³-hybridized carbons (Fsp3) is 0.500. The molecule has 0 fully saturated rings. The van der Waals surface area contributed by atoms with Gasteiger partial charge in [-0.1, -0.05) is 13.5 Å². The van der Waals surface area contributed by atoms with Crippen molar-refractivity contribution in [3.05, 3.63) is 12.7 Å². The Bertz CT molecular complexity index is 191. The van der Waals surface area contributed by atoms with Gasteiger partial charge in [-0.05, 0) is 12.5 Å². The minimum atomic E-state index is -0.0351. The molecule has 0 aromatic rings. The highest BCUT2D eigenvalue weighted by Gasteiger charge is 2.06. The van der Waals surface area contributed by atoms with Gasteiger partial charge in [0.1, 0.15) is 0 Å². The van der Waals surface area contributed by atoms with E-state index in [0.29, 0.717) is 13.0 Å². The lowest BCUT2D eigenvalue weighted by atomic mass is 10.3. The second-order valence-electron chi connectivity index (χ2n) is 2.48. The zero-order chi connectivity index (χ0) is 9.40. The maximum absolute atomic E-state index is 11.1. The molecule has 0 saturated carbocycles. The summed E-state index contributed by atoms with van der Waals surface area (Å²) in [5, 5.41) is 0. The van der Waals surface area contributed by atoms with Crippen LogP contribution >= 0.6 is 0 Å². The zero-order valence-corrected chi connectivity index (χ0v) is 7.55. The summed E-state index contributed by atoms with van der Waals surface area (Å²) in [5.74, 6) is 2.47. The molecule has 0 aliphatic rings. The minimum Gasteiger partial charge on any atom is -0.338 e. The minimum absolute atomic E-state index is 0.0351. The molecular formula is C10H15NO. The van der Waals surface area contributed by atoms with Gasteiger partial charge in [-0.15, -0.1) is 12.3 Å². The summed E-state index contributed by atoms with van der Waals surface area (Å²) in [6.07, 6.45) is 7.99. The van der Waals surface area contributed by atoms with Gasteiger partial charge in [0.25, 0.3) is 0 Å². The number of hydrogen-bond acceptors (Lipinski definition) is 1. The van der Waals surface area contributed by atoms with Gasteiger partial charge in [-0.3, -0.25) is 4.79 Å². The molecule has 1 amide bonds. The molecule has 0 rings (SSSR count). The predicted molar refractivity (Wildman–Crippen MR) is 50.5 cm³/mol. The summed E-state index contributed by atoms with van der Waals surface area (Å²) in [6, 6.07) is 0. The molecule has 0 spiro atoms. The predicted octanol–water partition coefficient (Wildman–Crippen LogP) is 1.43. The summed E-state index contributed by atoms with van der Waals surface area (Å²) < 4.78 is 0. The topological polar surface area (TPSA) is 20.3 Å². The number of terminal acetylenes is 1. The van der Waals surface area contributed by atoms with Crippen molar-refractivity contribution in [2.45, 2.75) is 19.8 Å². The lowest BCUT2D eigenvalue weighted by molar-refractivity contribution is -0.126. The third-order valence-electron chi connectivity index (χ3n) is 1.51. The molecule has 0 aromatic heterocycles. The standard InChI is InChI=1S/C10H15NO/c1-4-7-9-11(8-5-2)10(12)6-3/h1,6H,3,5,7-9H2,2H3. The van der Waals surface area contributed by atoms with Crippen molar-refractivity contribution in [3.8, 4) is 12.3 Å². The van der Waals surface area contributed by atoms with Gasteiger partial charge in [0.2, 0.25) is 5.91 Å². The average molecular weight is 165 g/mol. The zero-order valence-electron chi connectivity index (χ0n) is 7.55. The smallest absolute Gasteiger partial charge is 0.245 e. The summed E-state index contributed by atoms with van der Waals surface area (Å²) in [6.45, 7) is 6.85. The van der Waals surface area contributed by atoms with E-state index in [1.54, 1.807) is 4.90 Å². The van der Waals surface area contributed by atoms with E-state index in [2.05, 4.69) is 12.5 Å². The van der Waals surface area contributed by atoms with Crippen molar-refractivity contribution in [1.82, 2.24) is 4.90 Å². The van der Waals surface area contributed by atoms with E-state index < -0.39 is 0 Å². The van der Waals surface area contributed by atoms with Gasteiger partial charge in [0, 0.05) is 19.5 Å². The van der Waals surface area contributed by atoms with E-state index >= 15 is 0 Å². The van der Waals surface area contributed by atoms with Gasteiger partial charge >= 0.3 is 0 Å². The van der Waals surface area contributed by atoms with Gasteiger partial charge < -0.3 is 4.90 Å². The van der Waals surface area contributed by atoms with Gasteiger partial charge in [-0.2, -0.15) is 0 Å². The molecule has 0 aliphatic carbocycles. The Morgan fingerprint density at radius 2 is 2.33 bits per heavy atom. The Morgan fingerprint density at radius 1 is 1.67 bits per heavy atom. The van der Waals surface area contributed by atoms with Crippen LogP contribution in [0.15, 0.2) is 12.7 Å². The molecular weight excluding hydrogens is 150 g/mol. The number of rotatable bonds is 5. The molecule has 2 heteroatoms. The van der Waals surface area contributed by atoms with Crippen LogP contribution in [-0.4, -0.2) is 23.9 Å². The van der Waals surface area contributed by atoms with Gasteiger partial charge in [0.05, 0.1) is 0 Å². The Hall–Kier alpha value is -1.23. The maximum Gasteiger partial charge on any atom is 0.245 e. The normalized spacial score (nSPS) is 8.67. The molecule has 0 aliphatic heterocycles. The van der Waals surface area contributed by atoms with E-state index in [9.17, 15) is 4.79 Å². The first-order valence-corrected chi connectivity index (χ1v) is 4.11. The Labute approximate surface area is 74.3 Å². The number of carbonyl (C=O) groups excluding carboxylic acids is 1. The van der Waals surface area contributed by atoms with E-state index in [4.69, 9.17) is 6.42 Å². The average Bonchev–Trinajstić information content (AvgIpc) is 2.11. The molecule has 2 nitrogen and oxygen atoms in total. The van der Waals surface area contributed by atoms with Crippen molar-refractivity contribution in [2.24, 2.45) is 0 Å². The third-order valence-corrected chi connectivity index (χ3v) is 1.51. The monoisotopic (exact) mass is 165 g/mol. The van der Waals surface area contributed by atoms with Crippen molar-refractivity contribution in [3.63, 3.8) is 0 Å². The van der Waals surface area contributed by atoms with Crippen LogP contribution in [0, 0.1) is 12.3 Å². The molecule has 0 atom stereocenters. The second kappa shape index (κ2) is 6.48. The lowest BCUT2D eigenvalue weighted by Gasteiger charge is -2.18. The highest BCUT2D eigenvalue weighted by Crippen LogP contribution is 1.95. The quantitative estimate of drug-likeness (QED) is 0.446. The van der Waals surface area contributed by atoms with Crippen LogP contribution in [0.3, 0.4) is 0 Å². The summed E-state index contributed by atoms with van der Waals surface area (Å²) >= 11 is 0. The first-order chi connectivity index (χ1) is 5.76. The second-order valence-corrected chi connectivity index (χ2v) is 2.48. The van der Waals surface area contributed by atoms with Crippen molar-refractivity contribution in [2.75, 3.05) is 13.1 Å². The molecule has 66 valence electrons. The summed E-state index contributed by atoms with van der Waals surface area (Å²) in [7, 11) is 0. The van der Waals surface area contributed by atoms with Crippen LogP contribution in [0.4, 0.5) is 0 Å². The SMILES string of the molecule is C#CCCN(CCC)C(=O)C=C. The van der Waals surface area contributed by atoms with E-state index in [1.165, 1.54) is 6.08 Å². The number of hydrogen-bond donors (Lipinski definition) is 0. The molecule has 0 saturated heterocycles. The van der Waals surface area contributed by atoms with Gasteiger partial charge in [0.15, 0.2) is 0 Å². The van der Waals surface area contributed by atoms with Crippen molar-refractivity contribution < 1.29 is 4.79 Å².